The number of amides is 2. The lowest BCUT2D eigenvalue weighted by atomic mass is 9.91. The first kappa shape index (κ1) is 18.3. The van der Waals surface area contributed by atoms with Gasteiger partial charge >= 0.3 is 6.09 Å². The van der Waals surface area contributed by atoms with Gasteiger partial charge in [-0.2, -0.15) is 0 Å². The minimum Gasteiger partial charge on any atom is -0.457 e. The molecular formula is C22H24N2O4. The highest BCUT2D eigenvalue weighted by Crippen LogP contribution is 2.34. The molecule has 28 heavy (non-hydrogen) atoms. The van der Waals surface area contributed by atoms with Crippen molar-refractivity contribution in [2.24, 2.45) is 0 Å². The Hall–Kier alpha value is -3.02. The van der Waals surface area contributed by atoms with Crippen LogP contribution in [0.25, 0.3) is 0 Å². The van der Waals surface area contributed by atoms with Gasteiger partial charge in [-0.25, -0.2) is 4.79 Å². The number of carbonyl (C=O) groups is 2. The number of para-hydroxylation sites is 2. The zero-order valence-electron chi connectivity index (χ0n) is 16.0. The molecule has 0 bridgehead atoms. The summed E-state index contributed by atoms with van der Waals surface area (Å²) in [6.45, 7) is 4.32. The second-order valence-corrected chi connectivity index (χ2v) is 7.27. The number of likely N-dealkylation sites (N-methyl/N-ethyl adjacent to an activating group) is 1. The van der Waals surface area contributed by atoms with Crippen LogP contribution in [-0.2, 0) is 4.74 Å². The Morgan fingerprint density at radius 2 is 1.75 bits per heavy atom. The van der Waals surface area contributed by atoms with Crippen molar-refractivity contribution in [2.45, 2.75) is 25.4 Å². The van der Waals surface area contributed by atoms with Gasteiger partial charge in [0.15, 0.2) is 0 Å². The van der Waals surface area contributed by atoms with E-state index in [4.69, 9.17) is 9.47 Å². The molecule has 6 nitrogen and oxygen atoms in total. The third kappa shape index (κ3) is 3.54. The SMILES string of the molecule is CCN1CC2(CCN(C(=O)c3ccccc3Oc3ccccc3)CC2)OC1=O. The maximum atomic E-state index is 13.1. The molecule has 2 amide bonds. The minimum atomic E-state index is -0.454. The smallest absolute Gasteiger partial charge is 0.410 e. The van der Waals surface area contributed by atoms with Gasteiger partial charge in [0.05, 0.1) is 12.1 Å². The molecule has 2 fully saturated rings. The predicted molar refractivity (Wildman–Crippen MR) is 105 cm³/mol. The van der Waals surface area contributed by atoms with Crippen LogP contribution >= 0.6 is 0 Å². The van der Waals surface area contributed by atoms with Crippen molar-refractivity contribution in [3.8, 4) is 11.5 Å². The van der Waals surface area contributed by atoms with Crippen LogP contribution in [0, 0.1) is 0 Å². The molecule has 2 aliphatic rings. The van der Waals surface area contributed by atoms with E-state index < -0.39 is 5.60 Å². The highest BCUT2D eigenvalue weighted by atomic mass is 16.6. The molecule has 0 aromatic heterocycles. The van der Waals surface area contributed by atoms with Crippen molar-refractivity contribution < 1.29 is 19.1 Å². The summed E-state index contributed by atoms with van der Waals surface area (Å²) in [6.07, 6.45) is 1.06. The molecule has 2 aliphatic heterocycles. The lowest BCUT2D eigenvalue weighted by molar-refractivity contribution is 0.00309. The number of piperidine rings is 1. The Morgan fingerprint density at radius 3 is 2.43 bits per heavy atom. The Balaban J connectivity index is 1.46. The zero-order chi connectivity index (χ0) is 19.6. The van der Waals surface area contributed by atoms with E-state index in [9.17, 15) is 9.59 Å². The summed E-state index contributed by atoms with van der Waals surface area (Å²) >= 11 is 0. The molecule has 2 aromatic carbocycles. The van der Waals surface area contributed by atoms with Gasteiger partial charge in [-0.15, -0.1) is 0 Å². The number of benzene rings is 2. The monoisotopic (exact) mass is 380 g/mol. The number of hydrogen-bond donors (Lipinski definition) is 0. The first-order chi connectivity index (χ1) is 13.6. The topological polar surface area (TPSA) is 59.1 Å². The fraction of sp³-hybridized carbons (Fsp3) is 0.364. The van der Waals surface area contributed by atoms with E-state index in [0.717, 1.165) is 0 Å². The first-order valence-corrected chi connectivity index (χ1v) is 9.69. The molecule has 0 radical (unpaired) electrons. The molecule has 6 heteroatoms. The molecule has 0 unspecified atom stereocenters. The van der Waals surface area contributed by atoms with Crippen LogP contribution in [0.5, 0.6) is 11.5 Å². The summed E-state index contributed by atoms with van der Waals surface area (Å²) in [5, 5.41) is 0. The molecule has 146 valence electrons. The van der Waals surface area contributed by atoms with Gasteiger partial charge in [-0.3, -0.25) is 4.79 Å². The molecule has 1 spiro atoms. The molecule has 0 N–H and O–H groups in total. The van der Waals surface area contributed by atoms with Gasteiger partial charge in [0, 0.05) is 32.5 Å². The van der Waals surface area contributed by atoms with Crippen molar-refractivity contribution >= 4 is 12.0 Å². The Labute approximate surface area is 164 Å². The lowest BCUT2D eigenvalue weighted by Gasteiger charge is -2.37. The van der Waals surface area contributed by atoms with Crippen LogP contribution < -0.4 is 4.74 Å². The van der Waals surface area contributed by atoms with Crippen LogP contribution in [0.15, 0.2) is 54.6 Å². The van der Waals surface area contributed by atoms with E-state index in [1.807, 2.05) is 60.4 Å². The van der Waals surface area contributed by atoms with Crippen LogP contribution in [0.2, 0.25) is 0 Å². The van der Waals surface area contributed by atoms with Crippen molar-refractivity contribution in [1.82, 2.24) is 9.80 Å². The molecule has 2 heterocycles. The fourth-order valence-electron chi connectivity index (χ4n) is 3.83. The molecule has 0 atom stereocenters. The fourth-order valence-corrected chi connectivity index (χ4v) is 3.83. The second kappa shape index (κ2) is 7.54. The van der Waals surface area contributed by atoms with Crippen molar-refractivity contribution in [1.29, 1.82) is 0 Å². The standard InChI is InChI=1S/C22H24N2O4/c1-2-23-16-22(28-21(23)26)12-14-24(15-13-22)20(25)18-10-6-7-11-19(18)27-17-8-4-3-5-9-17/h3-11H,2,12-16H2,1H3. The molecular weight excluding hydrogens is 356 g/mol. The molecule has 0 aliphatic carbocycles. The Morgan fingerprint density at radius 1 is 1.07 bits per heavy atom. The summed E-state index contributed by atoms with van der Waals surface area (Å²) in [6, 6.07) is 16.7. The number of hydrogen-bond acceptors (Lipinski definition) is 4. The van der Waals surface area contributed by atoms with Crippen LogP contribution in [0.4, 0.5) is 4.79 Å². The van der Waals surface area contributed by atoms with Gasteiger partial charge < -0.3 is 19.3 Å². The van der Waals surface area contributed by atoms with Crippen LogP contribution in [-0.4, -0.2) is 53.6 Å². The third-order valence-corrected chi connectivity index (χ3v) is 5.47. The summed E-state index contributed by atoms with van der Waals surface area (Å²) in [7, 11) is 0. The second-order valence-electron chi connectivity index (χ2n) is 7.27. The zero-order valence-corrected chi connectivity index (χ0v) is 16.0. The quantitative estimate of drug-likeness (QED) is 0.807. The highest BCUT2D eigenvalue weighted by molar-refractivity contribution is 5.97. The number of likely N-dealkylation sites (tertiary alicyclic amines) is 1. The van der Waals surface area contributed by atoms with Crippen molar-refractivity contribution in [2.75, 3.05) is 26.2 Å². The van der Waals surface area contributed by atoms with Gasteiger partial charge in [-0.05, 0) is 31.2 Å². The van der Waals surface area contributed by atoms with Gasteiger partial charge in [0.1, 0.15) is 17.1 Å². The largest absolute Gasteiger partial charge is 0.457 e. The highest BCUT2D eigenvalue weighted by Gasteiger charge is 2.47. The minimum absolute atomic E-state index is 0.0574. The maximum Gasteiger partial charge on any atom is 0.410 e. The average molecular weight is 380 g/mol. The van der Waals surface area contributed by atoms with E-state index in [0.29, 0.717) is 56.1 Å². The van der Waals surface area contributed by atoms with Crippen molar-refractivity contribution in [3.05, 3.63) is 60.2 Å². The molecule has 2 saturated heterocycles. The molecule has 2 aromatic rings. The maximum absolute atomic E-state index is 13.1. The Kier molecular flexibility index (Phi) is 4.94. The number of ether oxygens (including phenoxy) is 2. The van der Waals surface area contributed by atoms with Gasteiger partial charge in [0.25, 0.3) is 5.91 Å². The summed E-state index contributed by atoms with van der Waals surface area (Å²) in [5.41, 5.74) is 0.0881. The normalized spacial score (nSPS) is 18.2. The third-order valence-electron chi connectivity index (χ3n) is 5.47. The first-order valence-electron chi connectivity index (χ1n) is 9.69. The Bertz CT molecular complexity index is 860. The summed E-state index contributed by atoms with van der Waals surface area (Å²) in [5.74, 6) is 1.18. The summed E-state index contributed by atoms with van der Waals surface area (Å²) < 4.78 is 11.6. The average Bonchev–Trinajstić information content (AvgIpc) is 3.04. The van der Waals surface area contributed by atoms with Crippen LogP contribution in [0.3, 0.4) is 0 Å². The van der Waals surface area contributed by atoms with Gasteiger partial charge in [0.2, 0.25) is 0 Å². The molecule has 4 rings (SSSR count). The van der Waals surface area contributed by atoms with Crippen molar-refractivity contribution in [3.63, 3.8) is 0 Å². The predicted octanol–water partition coefficient (Wildman–Crippen LogP) is 3.93. The van der Waals surface area contributed by atoms with E-state index in [1.165, 1.54) is 0 Å². The van der Waals surface area contributed by atoms with E-state index in [2.05, 4.69) is 0 Å². The molecule has 0 saturated carbocycles. The van der Waals surface area contributed by atoms with E-state index in [1.54, 1.807) is 11.0 Å². The van der Waals surface area contributed by atoms with Gasteiger partial charge in [-0.1, -0.05) is 30.3 Å². The number of nitrogens with zero attached hydrogens (tertiary/aromatic N) is 2. The summed E-state index contributed by atoms with van der Waals surface area (Å²) in [4.78, 5) is 28.6. The lowest BCUT2D eigenvalue weighted by Crippen LogP contribution is -2.48. The van der Waals surface area contributed by atoms with E-state index in [-0.39, 0.29) is 12.0 Å². The van der Waals surface area contributed by atoms with Crippen LogP contribution in [0.1, 0.15) is 30.1 Å². The van der Waals surface area contributed by atoms with E-state index >= 15 is 0 Å². The number of carbonyl (C=O) groups excluding carboxylic acids is 2. The number of rotatable bonds is 4.